The molecular weight excluding hydrogens is 272 g/mol. The molecule has 0 unspecified atom stereocenters. The number of nitrogen functional groups attached to an aromatic ring is 1. The van der Waals surface area contributed by atoms with E-state index in [0.717, 1.165) is 33.8 Å². The zero-order valence-electron chi connectivity index (χ0n) is 11.1. The van der Waals surface area contributed by atoms with Crippen molar-refractivity contribution in [2.24, 2.45) is 0 Å². The molecule has 5 heteroatoms. The first-order valence-electron chi connectivity index (χ1n) is 6.31. The van der Waals surface area contributed by atoms with E-state index in [4.69, 9.17) is 17.3 Å². The maximum atomic E-state index is 6.12. The molecule has 102 valence electrons. The zero-order chi connectivity index (χ0) is 14.1. The molecule has 3 rings (SSSR count). The molecule has 0 aliphatic rings. The van der Waals surface area contributed by atoms with Crippen LogP contribution >= 0.6 is 11.6 Å². The van der Waals surface area contributed by atoms with Gasteiger partial charge in [0, 0.05) is 24.0 Å². The summed E-state index contributed by atoms with van der Waals surface area (Å²) in [7, 11) is 2.02. The molecule has 0 bridgehead atoms. The van der Waals surface area contributed by atoms with Gasteiger partial charge in [-0.3, -0.25) is 5.10 Å². The number of fused-ring (bicyclic) bond motifs is 1. The third kappa shape index (κ3) is 2.42. The Morgan fingerprint density at radius 2 is 2.00 bits per heavy atom. The van der Waals surface area contributed by atoms with Gasteiger partial charge in [0.15, 0.2) is 0 Å². The fourth-order valence-electron chi connectivity index (χ4n) is 2.28. The van der Waals surface area contributed by atoms with Crippen LogP contribution in [0.25, 0.3) is 10.9 Å². The van der Waals surface area contributed by atoms with Crippen LogP contribution in [0.15, 0.2) is 42.6 Å². The number of hydrogen-bond acceptors (Lipinski definition) is 3. The van der Waals surface area contributed by atoms with E-state index in [-0.39, 0.29) is 0 Å². The normalized spacial score (nSPS) is 10.9. The second-order valence-electron chi connectivity index (χ2n) is 4.85. The third-order valence-corrected chi connectivity index (χ3v) is 3.58. The Balaban J connectivity index is 1.89. The van der Waals surface area contributed by atoms with Crippen LogP contribution in [-0.2, 0) is 6.54 Å². The summed E-state index contributed by atoms with van der Waals surface area (Å²) in [4.78, 5) is 2.11. The lowest BCUT2D eigenvalue weighted by atomic mass is 10.1. The van der Waals surface area contributed by atoms with Gasteiger partial charge in [-0.1, -0.05) is 23.7 Å². The lowest BCUT2D eigenvalue weighted by Gasteiger charge is -2.21. The van der Waals surface area contributed by atoms with E-state index in [9.17, 15) is 0 Å². The largest absolute Gasteiger partial charge is 0.397 e. The fourth-order valence-corrected chi connectivity index (χ4v) is 2.40. The fraction of sp³-hybridized carbons (Fsp3) is 0.133. The van der Waals surface area contributed by atoms with Gasteiger partial charge in [0.1, 0.15) is 0 Å². The molecule has 20 heavy (non-hydrogen) atoms. The van der Waals surface area contributed by atoms with E-state index in [1.807, 2.05) is 43.4 Å². The van der Waals surface area contributed by atoms with Crippen LogP contribution in [0.2, 0.25) is 5.02 Å². The summed E-state index contributed by atoms with van der Waals surface area (Å²) >= 11 is 5.90. The Kier molecular flexibility index (Phi) is 3.24. The van der Waals surface area contributed by atoms with Gasteiger partial charge in [-0.05, 0) is 29.8 Å². The first kappa shape index (κ1) is 12.8. The lowest BCUT2D eigenvalue weighted by Crippen LogP contribution is -2.17. The molecule has 0 fully saturated rings. The van der Waals surface area contributed by atoms with E-state index in [1.165, 1.54) is 5.56 Å². The van der Waals surface area contributed by atoms with Crippen molar-refractivity contribution < 1.29 is 0 Å². The van der Waals surface area contributed by atoms with E-state index in [1.54, 1.807) is 6.20 Å². The smallest absolute Gasteiger partial charge is 0.0672 e. The predicted molar refractivity (Wildman–Crippen MR) is 84.1 cm³/mol. The monoisotopic (exact) mass is 286 g/mol. The average Bonchev–Trinajstić information content (AvgIpc) is 2.87. The molecule has 0 spiro atoms. The highest BCUT2D eigenvalue weighted by molar-refractivity contribution is 6.30. The van der Waals surface area contributed by atoms with Crippen LogP contribution in [0, 0.1) is 0 Å². The zero-order valence-corrected chi connectivity index (χ0v) is 11.9. The standard InChI is InChI=1S/C15H15ClN4/c1-20(9-10-2-4-12(16)5-3-10)15-7-14-11(6-13(15)17)8-18-19-14/h2-8H,9,17H2,1H3,(H,18,19). The SMILES string of the molecule is CN(Cc1ccc(Cl)cc1)c1cc2[nH]ncc2cc1N. The Morgan fingerprint density at radius 3 is 2.75 bits per heavy atom. The van der Waals surface area contributed by atoms with Crippen LogP contribution < -0.4 is 10.6 Å². The molecular formula is C15H15ClN4. The molecule has 0 amide bonds. The number of hydrogen-bond donors (Lipinski definition) is 2. The highest BCUT2D eigenvalue weighted by Crippen LogP contribution is 2.28. The first-order chi connectivity index (χ1) is 9.63. The Labute approximate surface area is 122 Å². The van der Waals surface area contributed by atoms with E-state index >= 15 is 0 Å². The van der Waals surface area contributed by atoms with E-state index in [2.05, 4.69) is 15.1 Å². The van der Waals surface area contributed by atoms with Crippen molar-refractivity contribution in [3.63, 3.8) is 0 Å². The molecule has 2 aromatic carbocycles. The Hall–Kier alpha value is -2.20. The van der Waals surface area contributed by atoms with Crippen molar-refractivity contribution in [2.75, 3.05) is 17.7 Å². The van der Waals surface area contributed by atoms with Crippen molar-refractivity contribution in [3.8, 4) is 0 Å². The van der Waals surface area contributed by atoms with Gasteiger partial charge in [0.25, 0.3) is 0 Å². The minimum Gasteiger partial charge on any atom is -0.397 e. The Bertz CT molecular complexity index is 733. The number of aromatic amines is 1. The quantitative estimate of drug-likeness (QED) is 0.725. The van der Waals surface area contributed by atoms with Crippen molar-refractivity contribution >= 4 is 33.9 Å². The van der Waals surface area contributed by atoms with Gasteiger partial charge in [-0.25, -0.2) is 0 Å². The van der Waals surface area contributed by atoms with Gasteiger partial charge in [-0.2, -0.15) is 5.10 Å². The number of halogens is 1. The number of aromatic nitrogens is 2. The van der Waals surface area contributed by atoms with Gasteiger partial charge in [-0.15, -0.1) is 0 Å². The molecule has 0 aliphatic carbocycles. The molecule has 1 aromatic heterocycles. The van der Waals surface area contributed by atoms with Crippen molar-refractivity contribution in [3.05, 3.63) is 53.2 Å². The van der Waals surface area contributed by atoms with E-state index < -0.39 is 0 Å². The summed E-state index contributed by atoms with van der Waals surface area (Å²) in [5.74, 6) is 0. The van der Waals surface area contributed by atoms with Crippen molar-refractivity contribution in [2.45, 2.75) is 6.54 Å². The minimum absolute atomic E-state index is 0.745. The summed E-state index contributed by atoms with van der Waals surface area (Å²) in [6, 6.07) is 11.8. The van der Waals surface area contributed by atoms with Crippen LogP contribution in [0.3, 0.4) is 0 Å². The van der Waals surface area contributed by atoms with Crippen molar-refractivity contribution in [1.82, 2.24) is 10.2 Å². The second-order valence-corrected chi connectivity index (χ2v) is 5.29. The first-order valence-corrected chi connectivity index (χ1v) is 6.69. The molecule has 0 aliphatic heterocycles. The van der Waals surface area contributed by atoms with Gasteiger partial charge in [0.05, 0.1) is 23.1 Å². The molecule has 0 saturated carbocycles. The minimum atomic E-state index is 0.745. The van der Waals surface area contributed by atoms with Crippen LogP contribution in [0.4, 0.5) is 11.4 Å². The number of nitrogens with one attached hydrogen (secondary N) is 1. The molecule has 3 N–H and O–H groups in total. The molecule has 4 nitrogen and oxygen atoms in total. The number of nitrogens with two attached hydrogens (primary N) is 1. The number of anilines is 2. The number of benzene rings is 2. The maximum Gasteiger partial charge on any atom is 0.0672 e. The van der Waals surface area contributed by atoms with Gasteiger partial charge in [0.2, 0.25) is 0 Å². The molecule has 0 atom stereocenters. The molecule has 0 radical (unpaired) electrons. The summed E-state index contributed by atoms with van der Waals surface area (Å²) in [6.45, 7) is 0.765. The highest BCUT2D eigenvalue weighted by Gasteiger charge is 2.09. The molecule has 1 heterocycles. The Morgan fingerprint density at radius 1 is 1.25 bits per heavy atom. The third-order valence-electron chi connectivity index (χ3n) is 3.33. The maximum absolute atomic E-state index is 6.12. The summed E-state index contributed by atoms with van der Waals surface area (Å²) in [5.41, 5.74) is 10.0. The van der Waals surface area contributed by atoms with Crippen LogP contribution in [0.1, 0.15) is 5.56 Å². The lowest BCUT2D eigenvalue weighted by molar-refractivity contribution is 0.925. The predicted octanol–water partition coefficient (Wildman–Crippen LogP) is 3.43. The number of nitrogens with zero attached hydrogens (tertiary/aromatic N) is 2. The summed E-state index contributed by atoms with van der Waals surface area (Å²) in [6.07, 6.45) is 1.77. The van der Waals surface area contributed by atoms with Gasteiger partial charge >= 0.3 is 0 Å². The van der Waals surface area contributed by atoms with Crippen LogP contribution in [-0.4, -0.2) is 17.2 Å². The average molecular weight is 287 g/mol. The van der Waals surface area contributed by atoms with Crippen LogP contribution in [0.5, 0.6) is 0 Å². The second kappa shape index (κ2) is 5.06. The molecule has 3 aromatic rings. The summed E-state index contributed by atoms with van der Waals surface area (Å²) < 4.78 is 0. The topological polar surface area (TPSA) is 57.9 Å². The molecule has 0 saturated heterocycles. The number of H-pyrrole nitrogens is 1. The summed E-state index contributed by atoms with van der Waals surface area (Å²) in [5, 5.41) is 8.75. The van der Waals surface area contributed by atoms with Crippen molar-refractivity contribution in [1.29, 1.82) is 0 Å². The van der Waals surface area contributed by atoms with E-state index in [0.29, 0.717) is 0 Å². The number of rotatable bonds is 3. The van der Waals surface area contributed by atoms with Gasteiger partial charge < -0.3 is 10.6 Å². The highest BCUT2D eigenvalue weighted by atomic mass is 35.5.